The van der Waals surface area contributed by atoms with Gasteiger partial charge in [0.05, 0.1) is 23.8 Å². The number of fused-ring (bicyclic) bond motifs is 1. The van der Waals surface area contributed by atoms with Gasteiger partial charge in [0.15, 0.2) is 0 Å². The summed E-state index contributed by atoms with van der Waals surface area (Å²) in [5.41, 5.74) is 2.15. The SMILES string of the molecule is CC1CCN(C(=O)C2Cc3nc[nH]c3CN2)C1. The number of amides is 1. The third-order valence-corrected chi connectivity index (χ3v) is 3.76. The number of rotatable bonds is 1. The van der Waals surface area contributed by atoms with Crippen molar-refractivity contribution in [3.8, 4) is 0 Å². The van der Waals surface area contributed by atoms with Gasteiger partial charge in [-0.25, -0.2) is 4.98 Å². The number of nitrogens with one attached hydrogen (secondary N) is 2. The van der Waals surface area contributed by atoms with E-state index in [0.717, 1.165) is 37.4 Å². The molecule has 5 nitrogen and oxygen atoms in total. The van der Waals surface area contributed by atoms with Crippen LogP contribution in [0.25, 0.3) is 0 Å². The lowest BCUT2D eigenvalue weighted by Gasteiger charge is -2.26. The summed E-state index contributed by atoms with van der Waals surface area (Å²) in [6.45, 7) is 4.73. The molecule has 17 heavy (non-hydrogen) atoms. The number of nitrogens with zero attached hydrogens (tertiary/aromatic N) is 2. The van der Waals surface area contributed by atoms with Gasteiger partial charge in [0, 0.05) is 26.1 Å². The van der Waals surface area contributed by atoms with Crippen LogP contribution < -0.4 is 5.32 Å². The van der Waals surface area contributed by atoms with Gasteiger partial charge >= 0.3 is 0 Å². The highest BCUT2D eigenvalue weighted by Gasteiger charge is 2.32. The van der Waals surface area contributed by atoms with Crippen molar-refractivity contribution in [3.63, 3.8) is 0 Å². The minimum absolute atomic E-state index is 0.0869. The minimum atomic E-state index is -0.0869. The Kier molecular flexibility index (Phi) is 2.63. The summed E-state index contributed by atoms with van der Waals surface area (Å²) in [4.78, 5) is 21.6. The van der Waals surface area contributed by atoms with Gasteiger partial charge in [-0.3, -0.25) is 10.1 Å². The molecule has 2 atom stereocenters. The lowest BCUT2D eigenvalue weighted by Crippen LogP contribution is -2.48. The van der Waals surface area contributed by atoms with Crippen molar-refractivity contribution in [1.29, 1.82) is 0 Å². The van der Waals surface area contributed by atoms with E-state index in [1.54, 1.807) is 6.33 Å². The molecule has 0 aromatic carbocycles. The molecule has 5 heteroatoms. The van der Waals surface area contributed by atoms with Crippen LogP contribution in [-0.4, -0.2) is 39.9 Å². The number of aromatic nitrogens is 2. The molecular formula is C12H18N4O. The van der Waals surface area contributed by atoms with Gasteiger partial charge in [0.1, 0.15) is 0 Å². The van der Waals surface area contributed by atoms with Gasteiger partial charge in [-0.15, -0.1) is 0 Å². The van der Waals surface area contributed by atoms with Crippen molar-refractivity contribution in [2.24, 2.45) is 5.92 Å². The zero-order valence-corrected chi connectivity index (χ0v) is 10.1. The smallest absolute Gasteiger partial charge is 0.240 e. The second kappa shape index (κ2) is 4.14. The number of aromatic amines is 1. The Hall–Kier alpha value is -1.36. The number of H-pyrrole nitrogens is 1. The molecule has 1 aromatic heterocycles. The lowest BCUT2D eigenvalue weighted by molar-refractivity contribution is -0.132. The van der Waals surface area contributed by atoms with Crippen molar-refractivity contribution in [2.45, 2.75) is 32.4 Å². The summed E-state index contributed by atoms with van der Waals surface area (Å²) >= 11 is 0. The summed E-state index contributed by atoms with van der Waals surface area (Å²) in [6.07, 6.45) is 3.55. The summed E-state index contributed by atoms with van der Waals surface area (Å²) < 4.78 is 0. The Morgan fingerprint density at radius 3 is 3.24 bits per heavy atom. The van der Waals surface area contributed by atoms with Gasteiger partial charge in [-0.2, -0.15) is 0 Å². The summed E-state index contributed by atoms with van der Waals surface area (Å²) in [5.74, 6) is 0.881. The molecule has 1 saturated heterocycles. The van der Waals surface area contributed by atoms with Gasteiger partial charge in [-0.05, 0) is 12.3 Å². The fourth-order valence-electron chi connectivity index (χ4n) is 2.70. The molecule has 2 aliphatic heterocycles. The molecule has 3 heterocycles. The number of likely N-dealkylation sites (tertiary alicyclic amines) is 1. The second-order valence-corrected chi connectivity index (χ2v) is 5.14. The van der Waals surface area contributed by atoms with Crippen LogP contribution in [0, 0.1) is 5.92 Å². The van der Waals surface area contributed by atoms with E-state index in [0.29, 0.717) is 12.3 Å². The third kappa shape index (κ3) is 1.95. The first-order chi connectivity index (χ1) is 8.24. The molecule has 1 amide bonds. The predicted octanol–water partition coefficient (Wildman–Crippen LogP) is 0.292. The molecule has 3 rings (SSSR count). The average Bonchev–Trinajstić information content (AvgIpc) is 2.95. The quantitative estimate of drug-likeness (QED) is 0.734. The molecule has 2 aliphatic rings. The number of hydrogen-bond donors (Lipinski definition) is 2. The fourth-order valence-corrected chi connectivity index (χ4v) is 2.70. The first-order valence-electron chi connectivity index (χ1n) is 6.27. The zero-order chi connectivity index (χ0) is 11.8. The highest BCUT2D eigenvalue weighted by Crippen LogP contribution is 2.19. The van der Waals surface area contributed by atoms with Crippen molar-refractivity contribution in [2.75, 3.05) is 13.1 Å². The van der Waals surface area contributed by atoms with Crippen LogP contribution in [0.4, 0.5) is 0 Å². The summed E-state index contributed by atoms with van der Waals surface area (Å²) in [6, 6.07) is -0.0869. The Bertz CT molecular complexity index is 428. The Balaban J connectivity index is 1.68. The van der Waals surface area contributed by atoms with E-state index >= 15 is 0 Å². The maximum atomic E-state index is 12.3. The Morgan fingerprint density at radius 2 is 2.47 bits per heavy atom. The van der Waals surface area contributed by atoms with E-state index in [1.165, 1.54) is 0 Å². The zero-order valence-electron chi connectivity index (χ0n) is 10.1. The van der Waals surface area contributed by atoms with Gasteiger partial charge < -0.3 is 9.88 Å². The van der Waals surface area contributed by atoms with Crippen LogP contribution in [0.5, 0.6) is 0 Å². The predicted molar refractivity (Wildman–Crippen MR) is 63.3 cm³/mol. The Morgan fingerprint density at radius 1 is 1.59 bits per heavy atom. The first-order valence-corrected chi connectivity index (χ1v) is 6.27. The summed E-state index contributed by atoms with van der Waals surface area (Å²) in [5, 5.41) is 3.29. The largest absolute Gasteiger partial charge is 0.347 e. The molecule has 2 N–H and O–H groups in total. The van der Waals surface area contributed by atoms with Crippen molar-refractivity contribution in [1.82, 2.24) is 20.2 Å². The molecule has 1 fully saturated rings. The maximum Gasteiger partial charge on any atom is 0.240 e. The Labute approximate surface area is 101 Å². The van der Waals surface area contributed by atoms with E-state index in [1.807, 2.05) is 4.90 Å². The highest BCUT2D eigenvalue weighted by molar-refractivity contribution is 5.82. The lowest BCUT2D eigenvalue weighted by atomic mass is 10.0. The molecule has 92 valence electrons. The van der Waals surface area contributed by atoms with Crippen LogP contribution in [0.15, 0.2) is 6.33 Å². The van der Waals surface area contributed by atoms with E-state index in [9.17, 15) is 4.79 Å². The summed E-state index contributed by atoms with van der Waals surface area (Å²) in [7, 11) is 0. The monoisotopic (exact) mass is 234 g/mol. The normalized spacial score (nSPS) is 28.2. The third-order valence-electron chi connectivity index (χ3n) is 3.76. The number of carbonyl (C=O) groups excluding carboxylic acids is 1. The standard InChI is InChI=1S/C12H18N4O/c1-8-2-3-16(6-8)12(17)10-4-9-11(5-13-10)15-7-14-9/h7-8,10,13H,2-6H2,1H3,(H,14,15). The van der Waals surface area contributed by atoms with Crippen molar-refractivity contribution >= 4 is 5.91 Å². The molecule has 0 saturated carbocycles. The molecular weight excluding hydrogens is 216 g/mol. The number of hydrogen-bond acceptors (Lipinski definition) is 3. The van der Waals surface area contributed by atoms with Crippen LogP contribution in [-0.2, 0) is 17.8 Å². The van der Waals surface area contributed by atoms with E-state index in [2.05, 4.69) is 22.2 Å². The van der Waals surface area contributed by atoms with Crippen LogP contribution >= 0.6 is 0 Å². The molecule has 2 unspecified atom stereocenters. The molecule has 0 bridgehead atoms. The van der Waals surface area contributed by atoms with Crippen molar-refractivity contribution in [3.05, 3.63) is 17.7 Å². The van der Waals surface area contributed by atoms with E-state index in [4.69, 9.17) is 0 Å². The van der Waals surface area contributed by atoms with Crippen LogP contribution in [0.2, 0.25) is 0 Å². The molecule has 0 spiro atoms. The highest BCUT2D eigenvalue weighted by atomic mass is 16.2. The van der Waals surface area contributed by atoms with Crippen molar-refractivity contribution < 1.29 is 4.79 Å². The minimum Gasteiger partial charge on any atom is -0.347 e. The van der Waals surface area contributed by atoms with E-state index in [-0.39, 0.29) is 11.9 Å². The molecule has 0 aliphatic carbocycles. The number of carbonyl (C=O) groups is 1. The molecule has 0 radical (unpaired) electrons. The van der Waals surface area contributed by atoms with Gasteiger partial charge in [0.2, 0.25) is 5.91 Å². The average molecular weight is 234 g/mol. The van der Waals surface area contributed by atoms with E-state index < -0.39 is 0 Å². The second-order valence-electron chi connectivity index (χ2n) is 5.14. The fraction of sp³-hybridized carbons (Fsp3) is 0.667. The van der Waals surface area contributed by atoms with Crippen LogP contribution in [0.3, 0.4) is 0 Å². The number of imidazole rings is 1. The molecule has 1 aromatic rings. The first kappa shape index (κ1) is 10.8. The van der Waals surface area contributed by atoms with Gasteiger partial charge in [-0.1, -0.05) is 6.92 Å². The maximum absolute atomic E-state index is 12.3. The van der Waals surface area contributed by atoms with Crippen LogP contribution in [0.1, 0.15) is 24.7 Å². The van der Waals surface area contributed by atoms with Gasteiger partial charge in [0.25, 0.3) is 0 Å². The topological polar surface area (TPSA) is 61.0 Å².